The molecule has 29 heavy (non-hydrogen) atoms. The molecule has 0 amide bonds. The van der Waals surface area contributed by atoms with Gasteiger partial charge in [-0.15, -0.1) is 0 Å². The number of aryl methyl sites for hydroxylation is 1. The number of pyridine rings is 1. The van der Waals surface area contributed by atoms with E-state index in [2.05, 4.69) is 14.5 Å². The molecular weight excluding hydrogens is 370 g/mol. The maximum Gasteiger partial charge on any atom is 0.196 e. The van der Waals surface area contributed by atoms with Crippen LogP contribution in [-0.4, -0.2) is 64.4 Å². The predicted molar refractivity (Wildman–Crippen MR) is 108 cm³/mol. The SMILES string of the molecule is Cn1c(CN2CCOCC2)c(C(=O)C2CO2)c2cc(O)c(-c3cccnc3)cc21. The van der Waals surface area contributed by atoms with Crippen molar-refractivity contribution in [2.45, 2.75) is 12.6 Å². The lowest BCUT2D eigenvalue weighted by atomic mass is 10.00. The van der Waals surface area contributed by atoms with Gasteiger partial charge in [-0.2, -0.15) is 0 Å². The standard InChI is InChI=1S/C22H23N3O4/c1-24-17-9-15(14-3-2-4-23-11-14)19(26)10-16(17)21(22(27)20-13-29-20)18(24)12-25-5-7-28-8-6-25/h2-4,9-11,20,26H,5-8,12-13H2,1H3. The first-order chi connectivity index (χ1) is 14.1. The summed E-state index contributed by atoms with van der Waals surface area (Å²) < 4.78 is 12.8. The highest BCUT2D eigenvalue weighted by Gasteiger charge is 2.36. The third-order valence-corrected chi connectivity index (χ3v) is 5.76. The van der Waals surface area contributed by atoms with Gasteiger partial charge >= 0.3 is 0 Å². The quantitative estimate of drug-likeness (QED) is 0.530. The number of fused-ring (bicyclic) bond motifs is 1. The lowest BCUT2D eigenvalue weighted by molar-refractivity contribution is 0.0332. The summed E-state index contributed by atoms with van der Waals surface area (Å²) in [5.74, 6) is 0.132. The van der Waals surface area contributed by atoms with Crippen LogP contribution in [0.5, 0.6) is 5.75 Å². The average Bonchev–Trinajstić information content (AvgIpc) is 3.56. The van der Waals surface area contributed by atoms with Crippen LogP contribution in [0.3, 0.4) is 0 Å². The Bertz CT molecular complexity index is 1070. The number of aromatic nitrogens is 2. The van der Waals surface area contributed by atoms with E-state index in [9.17, 15) is 9.90 Å². The number of ketones is 1. The van der Waals surface area contributed by atoms with Gasteiger partial charge in [-0.25, -0.2) is 0 Å². The summed E-state index contributed by atoms with van der Waals surface area (Å²) in [6, 6.07) is 7.40. The molecule has 150 valence electrons. The third kappa shape index (κ3) is 3.31. The molecule has 2 aromatic heterocycles. The molecule has 2 saturated heterocycles. The van der Waals surface area contributed by atoms with E-state index in [-0.39, 0.29) is 17.6 Å². The molecule has 2 fully saturated rings. The van der Waals surface area contributed by atoms with Gasteiger partial charge in [0, 0.05) is 66.8 Å². The number of carbonyl (C=O) groups excluding carboxylic acids is 1. The summed E-state index contributed by atoms with van der Waals surface area (Å²) in [7, 11) is 1.98. The van der Waals surface area contributed by atoms with E-state index in [0.717, 1.165) is 35.2 Å². The number of carbonyl (C=O) groups is 1. The lowest BCUT2D eigenvalue weighted by Gasteiger charge is -2.27. The number of epoxide rings is 1. The van der Waals surface area contributed by atoms with Crippen LogP contribution >= 0.6 is 0 Å². The summed E-state index contributed by atoms with van der Waals surface area (Å²) in [6.07, 6.45) is 3.06. The third-order valence-electron chi connectivity index (χ3n) is 5.76. The van der Waals surface area contributed by atoms with Crippen LogP contribution in [0.25, 0.3) is 22.0 Å². The first-order valence-electron chi connectivity index (χ1n) is 9.84. The molecule has 1 N–H and O–H groups in total. The second-order valence-electron chi connectivity index (χ2n) is 7.58. The average molecular weight is 393 g/mol. The number of ether oxygens (including phenoxy) is 2. The molecule has 0 radical (unpaired) electrons. The Morgan fingerprint density at radius 3 is 2.79 bits per heavy atom. The van der Waals surface area contributed by atoms with Crippen LogP contribution in [0.1, 0.15) is 16.1 Å². The molecule has 0 bridgehead atoms. The van der Waals surface area contributed by atoms with Gasteiger partial charge in [0.15, 0.2) is 5.78 Å². The molecule has 7 heteroatoms. The van der Waals surface area contributed by atoms with Crippen molar-refractivity contribution in [1.29, 1.82) is 0 Å². The minimum absolute atomic E-state index is 0.00705. The number of aromatic hydroxyl groups is 1. The molecule has 5 rings (SSSR count). The number of benzene rings is 1. The Hall–Kier alpha value is -2.74. The van der Waals surface area contributed by atoms with E-state index in [4.69, 9.17) is 9.47 Å². The Morgan fingerprint density at radius 1 is 1.31 bits per heavy atom. The van der Waals surface area contributed by atoms with E-state index in [1.54, 1.807) is 18.5 Å². The van der Waals surface area contributed by atoms with Gasteiger partial charge in [0.05, 0.1) is 25.4 Å². The molecule has 0 spiro atoms. The highest BCUT2D eigenvalue weighted by atomic mass is 16.6. The molecule has 1 atom stereocenters. The van der Waals surface area contributed by atoms with E-state index in [1.807, 2.05) is 25.2 Å². The number of hydrogen-bond acceptors (Lipinski definition) is 6. The van der Waals surface area contributed by atoms with Crippen molar-refractivity contribution in [1.82, 2.24) is 14.5 Å². The van der Waals surface area contributed by atoms with Gasteiger partial charge in [-0.05, 0) is 18.2 Å². The van der Waals surface area contributed by atoms with Crippen LogP contribution in [0.15, 0.2) is 36.7 Å². The van der Waals surface area contributed by atoms with Gasteiger partial charge < -0.3 is 19.1 Å². The topological polar surface area (TPSA) is 80.1 Å². The van der Waals surface area contributed by atoms with Crippen LogP contribution in [0.2, 0.25) is 0 Å². The number of Topliss-reactive ketones (excluding diaryl/α,β-unsaturated/α-hetero) is 1. The molecule has 1 unspecified atom stereocenters. The number of morpholine rings is 1. The monoisotopic (exact) mass is 393 g/mol. The summed E-state index contributed by atoms with van der Waals surface area (Å²) in [4.78, 5) is 19.5. The Balaban J connectivity index is 1.66. The Labute approximate surface area is 168 Å². The van der Waals surface area contributed by atoms with Gasteiger partial charge in [0.25, 0.3) is 0 Å². The second kappa shape index (κ2) is 7.26. The molecule has 3 aromatic rings. The number of rotatable bonds is 5. The van der Waals surface area contributed by atoms with E-state index in [0.29, 0.717) is 37.5 Å². The van der Waals surface area contributed by atoms with Gasteiger partial charge in [0.2, 0.25) is 0 Å². The molecule has 2 aliphatic rings. The van der Waals surface area contributed by atoms with Crippen LogP contribution in [0, 0.1) is 0 Å². The Kier molecular flexibility index (Phi) is 4.58. The second-order valence-corrected chi connectivity index (χ2v) is 7.58. The minimum Gasteiger partial charge on any atom is -0.507 e. The maximum atomic E-state index is 13.1. The number of nitrogens with zero attached hydrogens (tertiary/aromatic N) is 3. The highest BCUT2D eigenvalue weighted by molar-refractivity contribution is 6.13. The van der Waals surface area contributed by atoms with Gasteiger partial charge in [0.1, 0.15) is 11.9 Å². The molecule has 4 heterocycles. The van der Waals surface area contributed by atoms with Crippen molar-refractivity contribution in [2.24, 2.45) is 7.05 Å². The van der Waals surface area contributed by atoms with E-state index >= 15 is 0 Å². The van der Waals surface area contributed by atoms with E-state index in [1.165, 1.54) is 0 Å². The van der Waals surface area contributed by atoms with Crippen molar-refractivity contribution in [3.63, 3.8) is 0 Å². The fraction of sp³-hybridized carbons (Fsp3) is 0.364. The first kappa shape index (κ1) is 18.3. The van der Waals surface area contributed by atoms with Crippen molar-refractivity contribution in [2.75, 3.05) is 32.9 Å². The zero-order valence-corrected chi connectivity index (χ0v) is 16.3. The minimum atomic E-state index is -0.371. The molecule has 2 aliphatic heterocycles. The summed E-state index contributed by atoms with van der Waals surface area (Å²) in [5.41, 5.74) is 4.05. The molecule has 0 aliphatic carbocycles. The number of phenolic OH excluding ortho intramolecular Hbond substituents is 1. The summed E-state index contributed by atoms with van der Waals surface area (Å²) in [6.45, 7) is 4.19. The maximum absolute atomic E-state index is 13.1. The predicted octanol–water partition coefficient (Wildman–Crippen LogP) is 2.36. The number of phenols is 1. The smallest absolute Gasteiger partial charge is 0.196 e. The van der Waals surface area contributed by atoms with Crippen molar-refractivity contribution < 1.29 is 19.4 Å². The van der Waals surface area contributed by atoms with E-state index < -0.39 is 0 Å². The zero-order valence-electron chi connectivity index (χ0n) is 16.3. The largest absolute Gasteiger partial charge is 0.507 e. The molecule has 7 nitrogen and oxygen atoms in total. The number of hydrogen-bond donors (Lipinski definition) is 1. The molecular formula is C22H23N3O4. The van der Waals surface area contributed by atoms with Crippen LogP contribution in [-0.2, 0) is 23.1 Å². The van der Waals surface area contributed by atoms with Crippen molar-refractivity contribution in [3.8, 4) is 16.9 Å². The molecule has 0 saturated carbocycles. The normalized spacial score (nSPS) is 19.6. The summed E-state index contributed by atoms with van der Waals surface area (Å²) in [5, 5.41) is 11.5. The zero-order chi connectivity index (χ0) is 20.0. The van der Waals surface area contributed by atoms with Gasteiger partial charge in [-0.1, -0.05) is 6.07 Å². The lowest BCUT2D eigenvalue weighted by Crippen LogP contribution is -2.36. The summed E-state index contributed by atoms with van der Waals surface area (Å²) >= 11 is 0. The van der Waals surface area contributed by atoms with Gasteiger partial charge in [-0.3, -0.25) is 14.7 Å². The van der Waals surface area contributed by atoms with Crippen molar-refractivity contribution >= 4 is 16.7 Å². The fourth-order valence-corrected chi connectivity index (χ4v) is 4.07. The highest BCUT2D eigenvalue weighted by Crippen LogP contribution is 2.38. The van der Waals surface area contributed by atoms with Crippen LogP contribution < -0.4 is 0 Å². The fourth-order valence-electron chi connectivity index (χ4n) is 4.07. The molecule has 1 aromatic carbocycles. The first-order valence-corrected chi connectivity index (χ1v) is 9.84. The van der Waals surface area contributed by atoms with Crippen LogP contribution in [0.4, 0.5) is 0 Å². The Morgan fingerprint density at radius 2 is 2.10 bits per heavy atom. The van der Waals surface area contributed by atoms with Crippen molar-refractivity contribution in [3.05, 3.63) is 47.9 Å².